The van der Waals surface area contributed by atoms with Crippen LogP contribution in [0, 0.1) is 5.82 Å². The topological polar surface area (TPSA) is 36.4 Å². The molecular weight excluding hydrogens is 444 g/mol. The molecule has 126 valence electrons. The largest absolute Gasteiger partial charge is 0.356 e. The predicted molar refractivity (Wildman–Crippen MR) is 110 cm³/mol. The van der Waals surface area contributed by atoms with Crippen molar-refractivity contribution in [3.63, 3.8) is 0 Å². The van der Waals surface area contributed by atoms with E-state index in [1.807, 2.05) is 12.1 Å². The lowest BCUT2D eigenvalue weighted by Gasteiger charge is -2.11. The zero-order valence-electron chi connectivity index (χ0n) is 12.9. The molecule has 2 aromatic rings. The number of aliphatic imine (C=N–C) groups is 1. The van der Waals surface area contributed by atoms with E-state index < -0.39 is 0 Å². The first-order valence-electron chi connectivity index (χ1n) is 7.12. The number of halogens is 2. The number of rotatable bonds is 7. The maximum Gasteiger partial charge on any atom is 0.191 e. The Hall–Kier alpha value is -0.800. The predicted octanol–water partition coefficient (Wildman–Crippen LogP) is 4.35. The Bertz CT molecular complexity index is 574. The highest BCUT2D eigenvalue weighted by atomic mass is 127. The molecule has 0 radical (unpaired) electrons. The Morgan fingerprint density at radius 2 is 2.00 bits per heavy atom. The minimum absolute atomic E-state index is 0. The average Bonchev–Trinajstić information content (AvgIpc) is 3.05. The fraction of sp³-hybridized carbons (Fsp3) is 0.312. The smallest absolute Gasteiger partial charge is 0.191 e. The molecule has 0 aliphatic carbocycles. The summed E-state index contributed by atoms with van der Waals surface area (Å²) in [6, 6.07) is 8.72. The zero-order chi connectivity index (χ0) is 15.6. The molecular formula is C16H21FIN3S2. The van der Waals surface area contributed by atoms with Gasteiger partial charge in [0.25, 0.3) is 0 Å². The second-order valence-corrected chi connectivity index (χ2v) is 6.59. The monoisotopic (exact) mass is 465 g/mol. The third kappa shape index (κ3) is 8.03. The third-order valence-electron chi connectivity index (χ3n) is 2.96. The first-order chi connectivity index (χ1) is 10.8. The fourth-order valence-corrected chi connectivity index (χ4v) is 3.32. The van der Waals surface area contributed by atoms with Crippen molar-refractivity contribution in [1.29, 1.82) is 0 Å². The molecule has 0 aliphatic rings. The molecule has 3 nitrogen and oxygen atoms in total. The summed E-state index contributed by atoms with van der Waals surface area (Å²) in [6.07, 6.45) is 1.02. The van der Waals surface area contributed by atoms with Crippen molar-refractivity contribution in [3.8, 4) is 0 Å². The summed E-state index contributed by atoms with van der Waals surface area (Å²) in [5.74, 6) is 1.62. The number of nitrogens with zero attached hydrogens (tertiary/aromatic N) is 1. The Labute approximate surface area is 162 Å². The van der Waals surface area contributed by atoms with Gasteiger partial charge in [-0.2, -0.15) is 11.3 Å². The SMILES string of the molecule is CN=C(NCCCSc1ccc(F)cc1)NCc1ccsc1.I. The maximum absolute atomic E-state index is 12.8. The average molecular weight is 465 g/mol. The van der Waals surface area contributed by atoms with Gasteiger partial charge < -0.3 is 10.6 Å². The molecule has 2 rings (SSSR count). The number of nitrogens with one attached hydrogen (secondary N) is 2. The molecule has 1 heterocycles. The quantitative estimate of drug-likeness (QED) is 0.210. The standard InChI is InChI=1S/C16H20FN3S2.HI/c1-18-16(20-11-13-7-10-21-12-13)19-8-2-9-22-15-5-3-14(17)4-6-15;/h3-7,10,12H,2,8-9,11H2,1H3,(H2,18,19,20);1H. The summed E-state index contributed by atoms with van der Waals surface area (Å²) < 4.78 is 12.8. The molecule has 0 saturated heterocycles. The lowest BCUT2D eigenvalue weighted by molar-refractivity contribution is 0.626. The van der Waals surface area contributed by atoms with Gasteiger partial charge in [0.05, 0.1) is 0 Å². The molecule has 2 N–H and O–H groups in total. The summed E-state index contributed by atoms with van der Waals surface area (Å²) in [6.45, 7) is 1.64. The second kappa shape index (κ2) is 11.7. The summed E-state index contributed by atoms with van der Waals surface area (Å²) in [5.41, 5.74) is 1.26. The first-order valence-corrected chi connectivity index (χ1v) is 9.05. The number of benzene rings is 1. The second-order valence-electron chi connectivity index (χ2n) is 4.64. The summed E-state index contributed by atoms with van der Waals surface area (Å²) in [4.78, 5) is 5.30. The fourth-order valence-electron chi connectivity index (χ4n) is 1.80. The molecule has 0 spiro atoms. The van der Waals surface area contributed by atoms with Crippen LogP contribution in [0.3, 0.4) is 0 Å². The van der Waals surface area contributed by atoms with Crippen molar-refractivity contribution in [2.75, 3.05) is 19.3 Å². The van der Waals surface area contributed by atoms with E-state index in [-0.39, 0.29) is 29.8 Å². The van der Waals surface area contributed by atoms with Crippen molar-refractivity contribution >= 4 is 53.0 Å². The van der Waals surface area contributed by atoms with Crippen LogP contribution in [0.5, 0.6) is 0 Å². The van der Waals surface area contributed by atoms with Gasteiger partial charge >= 0.3 is 0 Å². The van der Waals surface area contributed by atoms with E-state index in [0.717, 1.165) is 36.1 Å². The van der Waals surface area contributed by atoms with Gasteiger partial charge in [0.1, 0.15) is 5.82 Å². The van der Waals surface area contributed by atoms with E-state index in [1.165, 1.54) is 17.7 Å². The van der Waals surface area contributed by atoms with Crippen molar-refractivity contribution in [3.05, 3.63) is 52.5 Å². The van der Waals surface area contributed by atoms with Crippen LogP contribution in [0.1, 0.15) is 12.0 Å². The van der Waals surface area contributed by atoms with Crippen molar-refractivity contribution in [2.45, 2.75) is 17.9 Å². The van der Waals surface area contributed by atoms with Crippen LogP contribution in [0.15, 0.2) is 51.0 Å². The summed E-state index contributed by atoms with van der Waals surface area (Å²) in [7, 11) is 1.77. The van der Waals surface area contributed by atoms with E-state index in [9.17, 15) is 4.39 Å². The van der Waals surface area contributed by atoms with Gasteiger partial charge in [-0.05, 0) is 58.8 Å². The van der Waals surface area contributed by atoms with Crippen molar-refractivity contribution in [1.82, 2.24) is 10.6 Å². The van der Waals surface area contributed by atoms with Gasteiger partial charge in [-0.25, -0.2) is 4.39 Å². The van der Waals surface area contributed by atoms with Gasteiger partial charge in [0.15, 0.2) is 5.96 Å². The minimum atomic E-state index is -0.188. The highest BCUT2D eigenvalue weighted by molar-refractivity contribution is 14.0. The number of hydrogen-bond donors (Lipinski definition) is 2. The summed E-state index contributed by atoms with van der Waals surface area (Å²) in [5, 5.41) is 10.8. The Morgan fingerprint density at radius 3 is 2.65 bits per heavy atom. The van der Waals surface area contributed by atoms with Crippen LogP contribution in [0.2, 0.25) is 0 Å². The Kier molecular flexibility index (Phi) is 10.3. The molecule has 0 bridgehead atoms. The molecule has 0 unspecified atom stereocenters. The van der Waals surface area contributed by atoms with Crippen LogP contribution in [0.4, 0.5) is 4.39 Å². The molecule has 0 amide bonds. The van der Waals surface area contributed by atoms with Gasteiger partial charge in [-0.3, -0.25) is 4.99 Å². The highest BCUT2D eigenvalue weighted by Crippen LogP contribution is 2.18. The minimum Gasteiger partial charge on any atom is -0.356 e. The third-order valence-corrected chi connectivity index (χ3v) is 4.79. The molecule has 0 atom stereocenters. The lowest BCUT2D eigenvalue weighted by Crippen LogP contribution is -2.37. The van der Waals surface area contributed by atoms with Crippen LogP contribution in [-0.2, 0) is 6.54 Å². The van der Waals surface area contributed by atoms with E-state index in [4.69, 9.17) is 0 Å². The number of thioether (sulfide) groups is 1. The molecule has 23 heavy (non-hydrogen) atoms. The number of hydrogen-bond acceptors (Lipinski definition) is 3. The molecule has 7 heteroatoms. The first kappa shape index (κ1) is 20.2. The van der Waals surface area contributed by atoms with Crippen LogP contribution in [-0.4, -0.2) is 25.3 Å². The summed E-state index contributed by atoms with van der Waals surface area (Å²) >= 11 is 3.43. The molecule has 1 aromatic heterocycles. The van der Waals surface area contributed by atoms with Crippen LogP contribution >= 0.6 is 47.1 Å². The number of thiophene rings is 1. The van der Waals surface area contributed by atoms with Crippen molar-refractivity contribution < 1.29 is 4.39 Å². The Balaban J connectivity index is 0.00000264. The van der Waals surface area contributed by atoms with E-state index >= 15 is 0 Å². The van der Waals surface area contributed by atoms with Gasteiger partial charge in [-0.15, -0.1) is 35.7 Å². The van der Waals surface area contributed by atoms with E-state index in [2.05, 4.69) is 32.5 Å². The van der Waals surface area contributed by atoms with E-state index in [0.29, 0.717) is 0 Å². The Morgan fingerprint density at radius 1 is 1.22 bits per heavy atom. The van der Waals surface area contributed by atoms with Gasteiger partial charge in [-0.1, -0.05) is 0 Å². The van der Waals surface area contributed by atoms with Crippen molar-refractivity contribution in [2.24, 2.45) is 4.99 Å². The van der Waals surface area contributed by atoms with Gasteiger partial charge in [0, 0.05) is 25.0 Å². The highest BCUT2D eigenvalue weighted by Gasteiger charge is 1.99. The lowest BCUT2D eigenvalue weighted by atomic mass is 10.3. The van der Waals surface area contributed by atoms with Crippen LogP contribution < -0.4 is 10.6 Å². The normalized spacial score (nSPS) is 11.0. The molecule has 0 saturated carbocycles. The molecule has 1 aromatic carbocycles. The van der Waals surface area contributed by atoms with Crippen LogP contribution in [0.25, 0.3) is 0 Å². The molecule has 0 aliphatic heterocycles. The zero-order valence-corrected chi connectivity index (χ0v) is 16.9. The van der Waals surface area contributed by atoms with Gasteiger partial charge in [0.2, 0.25) is 0 Å². The number of guanidine groups is 1. The maximum atomic E-state index is 12.8. The van der Waals surface area contributed by atoms with E-state index in [1.54, 1.807) is 30.1 Å². The molecule has 0 fully saturated rings.